The maximum absolute atomic E-state index is 8.31. The molecule has 0 aromatic rings. The molecule has 4 N–H and O–H groups in total. The standard InChI is InChI=1S/2C4H9.2C3H7O2S.Sn/c2*1-3-4-2;2*4-1-3(5)2-6;/h2*1,3-4H2,2H3;2*3-5H,1-2H2;. The van der Waals surface area contributed by atoms with Crippen LogP contribution in [-0.2, 0) is 0 Å². The molecule has 0 saturated heterocycles. The van der Waals surface area contributed by atoms with Crippen LogP contribution in [0.5, 0.6) is 0 Å². The molecule has 0 fully saturated rings. The van der Waals surface area contributed by atoms with Crippen molar-refractivity contribution in [3.05, 3.63) is 13.8 Å². The van der Waals surface area contributed by atoms with Gasteiger partial charge in [0.05, 0.1) is 25.4 Å². The summed E-state index contributed by atoms with van der Waals surface area (Å²) in [7, 11) is 0. The van der Waals surface area contributed by atoms with Crippen LogP contribution in [0.3, 0.4) is 0 Å². The molecule has 0 aromatic carbocycles. The van der Waals surface area contributed by atoms with E-state index >= 15 is 0 Å². The average molecular weight is 447 g/mol. The molecule has 0 rings (SSSR count). The van der Waals surface area contributed by atoms with E-state index in [9.17, 15) is 0 Å². The molecule has 0 bridgehead atoms. The first-order chi connectivity index (χ1) is 9.44. The molecule has 0 spiro atoms. The number of hydrogen-bond acceptors (Lipinski definition) is 4. The zero-order chi connectivity index (χ0) is 16.8. The average Bonchev–Trinajstić information content (AvgIpc) is 2.53. The van der Waals surface area contributed by atoms with E-state index in [1.165, 1.54) is 12.8 Å². The smallest absolute Gasteiger partial charge is 0.0869 e. The Labute approximate surface area is 159 Å². The first-order valence-corrected chi connectivity index (χ1v) is 7.93. The molecule has 0 amide bonds. The van der Waals surface area contributed by atoms with Gasteiger partial charge in [0.2, 0.25) is 0 Å². The Hall–Kier alpha value is 1.34. The summed E-state index contributed by atoms with van der Waals surface area (Å²) < 4.78 is 0. The van der Waals surface area contributed by atoms with Crippen molar-refractivity contribution in [3.8, 4) is 0 Å². The zero-order valence-corrected chi connectivity index (χ0v) is 17.8. The van der Waals surface area contributed by atoms with Crippen LogP contribution in [-0.4, -0.2) is 81.3 Å². The van der Waals surface area contributed by atoms with E-state index in [1.807, 2.05) is 0 Å². The summed E-state index contributed by atoms with van der Waals surface area (Å²) in [6, 6.07) is 0. The second-order valence-electron chi connectivity index (χ2n) is 3.71. The zero-order valence-electron chi connectivity index (χ0n) is 13.3. The summed E-state index contributed by atoms with van der Waals surface area (Å²) in [5.41, 5.74) is 0. The van der Waals surface area contributed by atoms with Crippen LogP contribution in [0.25, 0.3) is 0 Å². The Kier molecular flexibility index (Phi) is 60.4. The minimum Gasteiger partial charge on any atom is -0.394 e. The summed E-state index contributed by atoms with van der Waals surface area (Å²) in [6.45, 7) is 11.0. The second kappa shape index (κ2) is 37.5. The van der Waals surface area contributed by atoms with Crippen molar-refractivity contribution in [1.29, 1.82) is 0 Å². The number of aliphatic hydroxyl groups is 4. The molecule has 0 saturated carbocycles. The van der Waals surface area contributed by atoms with Crippen LogP contribution in [0.4, 0.5) is 0 Å². The fourth-order valence-corrected chi connectivity index (χ4v) is 0.316. The maximum Gasteiger partial charge on any atom is 0.0869 e. The van der Waals surface area contributed by atoms with Crippen LogP contribution < -0.4 is 0 Å². The topological polar surface area (TPSA) is 80.9 Å². The van der Waals surface area contributed by atoms with Gasteiger partial charge in [-0.05, 0) is 0 Å². The summed E-state index contributed by atoms with van der Waals surface area (Å²) in [6.07, 6.45) is 3.17. The van der Waals surface area contributed by atoms with E-state index in [4.69, 9.17) is 20.4 Å². The summed E-state index contributed by atoms with van der Waals surface area (Å²) in [5.74, 6) is 0.438. The van der Waals surface area contributed by atoms with Crippen LogP contribution in [0.1, 0.15) is 39.5 Å². The van der Waals surface area contributed by atoms with Gasteiger partial charge < -0.3 is 20.4 Å². The fourth-order valence-electron chi connectivity index (χ4n) is 0.105. The molecule has 2 unspecified atom stereocenters. The van der Waals surface area contributed by atoms with E-state index in [2.05, 4.69) is 53.0 Å². The SMILES string of the molecule is OCC(O)C[S].OCC(O)C[S].[CH2]CCC.[CH2]CCC.[Sn]. The molecule has 4 nitrogen and oxygen atoms in total. The van der Waals surface area contributed by atoms with Crippen molar-refractivity contribution in [2.24, 2.45) is 0 Å². The first-order valence-electron chi connectivity index (χ1n) is 6.77. The number of unbranched alkanes of at least 4 members (excludes halogenated alkanes) is 2. The Bertz CT molecular complexity index is 110. The van der Waals surface area contributed by atoms with Gasteiger partial charge in [0, 0.05) is 35.4 Å². The van der Waals surface area contributed by atoms with E-state index in [-0.39, 0.29) is 48.6 Å². The Balaban J connectivity index is -0.0000000544. The molecule has 0 aliphatic rings. The molecule has 0 aliphatic heterocycles. The second-order valence-corrected chi connectivity index (χ2v) is 4.38. The molecule has 8 radical (unpaired) electrons. The summed E-state index contributed by atoms with van der Waals surface area (Å²) in [5, 5.41) is 32.7. The van der Waals surface area contributed by atoms with Crippen molar-refractivity contribution >= 4 is 49.2 Å². The molecular formula is C14H32O4S2Sn. The molecule has 7 heteroatoms. The monoisotopic (exact) mass is 448 g/mol. The van der Waals surface area contributed by atoms with Crippen molar-refractivity contribution in [1.82, 2.24) is 0 Å². The van der Waals surface area contributed by atoms with Crippen LogP contribution in [0.2, 0.25) is 0 Å². The van der Waals surface area contributed by atoms with Crippen LogP contribution >= 0.6 is 25.3 Å². The third-order valence-electron chi connectivity index (χ3n) is 1.51. The van der Waals surface area contributed by atoms with Gasteiger partial charge in [0.1, 0.15) is 0 Å². The third-order valence-corrected chi connectivity index (χ3v) is 2.28. The number of aliphatic hydroxyl groups excluding tert-OH is 4. The van der Waals surface area contributed by atoms with Crippen LogP contribution in [0, 0.1) is 13.8 Å². The first kappa shape index (κ1) is 33.8. The van der Waals surface area contributed by atoms with Gasteiger partial charge in [-0.25, -0.2) is 0 Å². The molecule has 0 aromatic heterocycles. The van der Waals surface area contributed by atoms with Gasteiger partial charge >= 0.3 is 0 Å². The van der Waals surface area contributed by atoms with Gasteiger partial charge in [0.25, 0.3) is 0 Å². The van der Waals surface area contributed by atoms with E-state index in [0.29, 0.717) is 0 Å². The Morgan fingerprint density at radius 3 is 1.00 bits per heavy atom. The van der Waals surface area contributed by atoms with E-state index in [0.717, 1.165) is 12.8 Å². The Morgan fingerprint density at radius 2 is 1.00 bits per heavy atom. The van der Waals surface area contributed by atoms with Gasteiger partial charge in [-0.15, -0.1) is 0 Å². The minimum absolute atomic E-state index is 0. The Morgan fingerprint density at radius 1 is 0.810 bits per heavy atom. The predicted molar refractivity (Wildman–Crippen MR) is 97.4 cm³/mol. The largest absolute Gasteiger partial charge is 0.394 e. The normalized spacial score (nSPS) is 11.1. The van der Waals surface area contributed by atoms with Crippen molar-refractivity contribution in [2.45, 2.75) is 51.7 Å². The molecular weight excluding hydrogens is 415 g/mol. The molecule has 0 aliphatic carbocycles. The van der Waals surface area contributed by atoms with Crippen molar-refractivity contribution in [2.75, 3.05) is 24.7 Å². The molecule has 21 heavy (non-hydrogen) atoms. The molecule has 128 valence electrons. The van der Waals surface area contributed by atoms with Gasteiger partial charge in [-0.1, -0.05) is 78.6 Å². The number of hydrogen-bond donors (Lipinski definition) is 4. The maximum atomic E-state index is 8.31. The summed E-state index contributed by atoms with van der Waals surface area (Å²) >= 11 is 8.73. The number of rotatable bonds is 6. The summed E-state index contributed by atoms with van der Waals surface area (Å²) in [4.78, 5) is 0. The van der Waals surface area contributed by atoms with Gasteiger partial charge in [-0.3, -0.25) is 0 Å². The fraction of sp³-hybridized carbons (Fsp3) is 0.857. The van der Waals surface area contributed by atoms with Gasteiger partial charge in [-0.2, -0.15) is 0 Å². The van der Waals surface area contributed by atoms with Crippen molar-refractivity contribution < 1.29 is 20.4 Å². The molecule has 2 atom stereocenters. The van der Waals surface area contributed by atoms with Crippen LogP contribution in [0.15, 0.2) is 0 Å². The molecule has 0 heterocycles. The quantitative estimate of drug-likeness (QED) is 0.470. The van der Waals surface area contributed by atoms with E-state index in [1.54, 1.807) is 0 Å². The minimum atomic E-state index is -0.694. The van der Waals surface area contributed by atoms with Crippen molar-refractivity contribution in [3.63, 3.8) is 0 Å². The predicted octanol–water partition coefficient (Wildman–Crippen LogP) is 1.93. The third kappa shape index (κ3) is 62.1. The van der Waals surface area contributed by atoms with Gasteiger partial charge in [0.15, 0.2) is 0 Å². The van der Waals surface area contributed by atoms with E-state index < -0.39 is 12.2 Å².